The van der Waals surface area contributed by atoms with Crippen LogP contribution in [0.15, 0.2) is 66.0 Å². The van der Waals surface area contributed by atoms with Crippen molar-refractivity contribution >= 4 is 0 Å². The summed E-state index contributed by atoms with van der Waals surface area (Å²) in [6, 6.07) is 9.55. The van der Waals surface area contributed by atoms with Crippen LogP contribution in [0.4, 0.5) is 0 Å². The molecule has 1 N–H and O–H groups in total. The Bertz CT molecular complexity index is 441. The fraction of sp³-hybridized carbons (Fsp3) is 0.143. The van der Waals surface area contributed by atoms with E-state index in [-0.39, 0.29) is 0 Å². The largest absolute Gasteiger partial charge is 0.462 e. The molecule has 0 saturated carbocycles. The molecule has 0 heterocycles. The topological polar surface area (TPSA) is 29.5 Å². The standard InChI is InChI=1S/C14H14O2/c1-11(13-9-5-6-10-14(13)15)16-12-7-3-2-4-8-12/h2-10,14-15H,1H3. The highest BCUT2D eigenvalue weighted by atomic mass is 16.5. The monoisotopic (exact) mass is 214 g/mol. The third-order valence-corrected chi connectivity index (χ3v) is 2.42. The number of hydrogen-bond donors (Lipinski definition) is 1. The molecule has 1 aromatic rings. The van der Waals surface area contributed by atoms with Gasteiger partial charge in [-0.3, -0.25) is 0 Å². The summed E-state index contributed by atoms with van der Waals surface area (Å²) in [5.41, 5.74) is 0.798. The van der Waals surface area contributed by atoms with Gasteiger partial charge in [0, 0.05) is 5.57 Å². The van der Waals surface area contributed by atoms with Crippen molar-refractivity contribution in [1.82, 2.24) is 0 Å². The molecule has 1 aliphatic rings. The van der Waals surface area contributed by atoms with Crippen molar-refractivity contribution in [1.29, 1.82) is 0 Å². The van der Waals surface area contributed by atoms with Crippen molar-refractivity contribution in [3.05, 3.63) is 66.0 Å². The maximum absolute atomic E-state index is 9.74. The minimum absolute atomic E-state index is 0.575. The zero-order valence-corrected chi connectivity index (χ0v) is 9.13. The molecule has 0 bridgehead atoms. The Morgan fingerprint density at radius 2 is 1.94 bits per heavy atom. The molecule has 2 nitrogen and oxygen atoms in total. The van der Waals surface area contributed by atoms with E-state index in [4.69, 9.17) is 4.74 Å². The number of rotatable bonds is 2. The summed E-state index contributed by atoms with van der Waals surface area (Å²) in [5.74, 6) is 1.50. The van der Waals surface area contributed by atoms with E-state index < -0.39 is 6.10 Å². The van der Waals surface area contributed by atoms with Gasteiger partial charge in [0.15, 0.2) is 0 Å². The van der Waals surface area contributed by atoms with Gasteiger partial charge in [-0.25, -0.2) is 0 Å². The van der Waals surface area contributed by atoms with Gasteiger partial charge in [-0.05, 0) is 19.1 Å². The molecule has 0 radical (unpaired) electrons. The lowest BCUT2D eigenvalue weighted by Crippen LogP contribution is -2.11. The lowest BCUT2D eigenvalue weighted by atomic mass is 10.0. The molecule has 1 aromatic carbocycles. The Morgan fingerprint density at radius 3 is 2.62 bits per heavy atom. The first-order chi connectivity index (χ1) is 7.77. The number of aliphatic hydroxyl groups is 1. The SMILES string of the molecule is CC(Oc1ccccc1)=C1C=CC=CC1O. The lowest BCUT2D eigenvalue weighted by molar-refractivity contribution is 0.254. The van der Waals surface area contributed by atoms with Gasteiger partial charge < -0.3 is 9.84 Å². The average molecular weight is 214 g/mol. The predicted octanol–water partition coefficient (Wildman–Crippen LogP) is 2.83. The zero-order chi connectivity index (χ0) is 11.4. The van der Waals surface area contributed by atoms with Crippen molar-refractivity contribution in [3.63, 3.8) is 0 Å². The highest BCUT2D eigenvalue weighted by Gasteiger charge is 2.11. The summed E-state index contributed by atoms with van der Waals surface area (Å²) in [7, 11) is 0. The third kappa shape index (κ3) is 2.41. The number of aliphatic hydroxyl groups excluding tert-OH is 1. The molecule has 0 aliphatic heterocycles. The average Bonchev–Trinajstić information content (AvgIpc) is 2.31. The Balaban J connectivity index is 2.19. The van der Waals surface area contributed by atoms with E-state index >= 15 is 0 Å². The van der Waals surface area contributed by atoms with Crippen LogP contribution in [0, 0.1) is 0 Å². The maximum Gasteiger partial charge on any atom is 0.126 e. The van der Waals surface area contributed by atoms with Gasteiger partial charge in [-0.1, -0.05) is 42.5 Å². The molecule has 2 rings (SSSR count). The van der Waals surface area contributed by atoms with Crippen LogP contribution in [0.1, 0.15) is 6.92 Å². The fourth-order valence-corrected chi connectivity index (χ4v) is 1.58. The van der Waals surface area contributed by atoms with Gasteiger partial charge in [-0.2, -0.15) is 0 Å². The Labute approximate surface area is 95.2 Å². The van der Waals surface area contributed by atoms with Crippen LogP contribution < -0.4 is 4.74 Å². The maximum atomic E-state index is 9.74. The number of ether oxygens (including phenoxy) is 1. The zero-order valence-electron chi connectivity index (χ0n) is 9.13. The van der Waals surface area contributed by atoms with Gasteiger partial charge in [0.1, 0.15) is 17.6 Å². The van der Waals surface area contributed by atoms with Crippen molar-refractivity contribution in [2.45, 2.75) is 13.0 Å². The van der Waals surface area contributed by atoms with Crippen LogP contribution in [0.25, 0.3) is 0 Å². The second kappa shape index (κ2) is 4.81. The first kappa shape index (κ1) is 10.7. The first-order valence-electron chi connectivity index (χ1n) is 5.24. The number of benzene rings is 1. The van der Waals surface area contributed by atoms with Crippen molar-refractivity contribution in [2.24, 2.45) is 0 Å². The van der Waals surface area contributed by atoms with Crippen molar-refractivity contribution in [2.75, 3.05) is 0 Å². The van der Waals surface area contributed by atoms with Crippen LogP contribution >= 0.6 is 0 Å². The summed E-state index contributed by atoms with van der Waals surface area (Å²) in [6.07, 6.45) is 6.73. The molecule has 0 aromatic heterocycles. The molecule has 0 spiro atoms. The molecule has 1 aliphatic carbocycles. The second-order valence-electron chi connectivity index (χ2n) is 3.62. The smallest absolute Gasteiger partial charge is 0.126 e. The summed E-state index contributed by atoms with van der Waals surface area (Å²) in [6.45, 7) is 1.86. The van der Waals surface area contributed by atoms with Gasteiger partial charge >= 0.3 is 0 Å². The summed E-state index contributed by atoms with van der Waals surface area (Å²) >= 11 is 0. The molecule has 0 fully saturated rings. The van der Waals surface area contributed by atoms with Gasteiger partial charge in [0.05, 0.1) is 0 Å². The Hall–Kier alpha value is -1.80. The number of para-hydroxylation sites is 1. The minimum atomic E-state index is -0.575. The molecule has 16 heavy (non-hydrogen) atoms. The van der Waals surface area contributed by atoms with Crippen LogP contribution in [-0.4, -0.2) is 11.2 Å². The van der Waals surface area contributed by atoms with E-state index in [1.54, 1.807) is 6.08 Å². The van der Waals surface area contributed by atoms with Crippen LogP contribution in [0.5, 0.6) is 5.75 Å². The van der Waals surface area contributed by atoms with Gasteiger partial charge in [0.2, 0.25) is 0 Å². The van der Waals surface area contributed by atoms with Crippen LogP contribution in [0.3, 0.4) is 0 Å². The predicted molar refractivity (Wildman–Crippen MR) is 64.1 cm³/mol. The molecule has 2 heteroatoms. The van der Waals surface area contributed by atoms with E-state index in [1.807, 2.05) is 55.5 Å². The molecule has 82 valence electrons. The highest BCUT2D eigenvalue weighted by molar-refractivity contribution is 5.37. The van der Waals surface area contributed by atoms with Crippen molar-refractivity contribution < 1.29 is 9.84 Å². The molecule has 0 saturated heterocycles. The molecule has 0 amide bonds. The quantitative estimate of drug-likeness (QED) is 0.767. The molecular formula is C14H14O2. The number of hydrogen-bond acceptors (Lipinski definition) is 2. The second-order valence-corrected chi connectivity index (χ2v) is 3.62. The van der Waals surface area contributed by atoms with Crippen LogP contribution in [-0.2, 0) is 0 Å². The van der Waals surface area contributed by atoms with Gasteiger partial charge in [0.25, 0.3) is 0 Å². The lowest BCUT2D eigenvalue weighted by Gasteiger charge is -2.15. The minimum Gasteiger partial charge on any atom is -0.462 e. The Kier molecular flexibility index (Phi) is 3.22. The summed E-state index contributed by atoms with van der Waals surface area (Å²) < 4.78 is 5.66. The molecule has 1 atom stereocenters. The van der Waals surface area contributed by atoms with Crippen LogP contribution in [0.2, 0.25) is 0 Å². The van der Waals surface area contributed by atoms with Gasteiger partial charge in [-0.15, -0.1) is 0 Å². The van der Waals surface area contributed by atoms with E-state index in [9.17, 15) is 5.11 Å². The first-order valence-corrected chi connectivity index (χ1v) is 5.24. The van der Waals surface area contributed by atoms with E-state index in [0.29, 0.717) is 0 Å². The summed E-state index contributed by atoms with van der Waals surface area (Å²) in [4.78, 5) is 0. The molecule has 1 unspecified atom stereocenters. The van der Waals surface area contributed by atoms with E-state index in [1.165, 1.54) is 0 Å². The third-order valence-electron chi connectivity index (χ3n) is 2.42. The summed E-state index contributed by atoms with van der Waals surface area (Å²) in [5, 5.41) is 9.74. The molecular weight excluding hydrogens is 200 g/mol. The van der Waals surface area contributed by atoms with Crippen molar-refractivity contribution in [3.8, 4) is 5.75 Å². The highest BCUT2D eigenvalue weighted by Crippen LogP contribution is 2.20. The van der Waals surface area contributed by atoms with E-state index in [0.717, 1.165) is 17.1 Å². The number of allylic oxidation sites excluding steroid dienone is 3. The fourth-order valence-electron chi connectivity index (χ4n) is 1.58. The normalized spacial score (nSPS) is 22.0. The van der Waals surface area contributed by atoms with E-state index in [2.05, 4.69) is 0 Å². The Morgan fingerprint density at radius 1 is 1.19 bits per heavy atom.